The maximum Gasteiger partial charge on any atom is 0.226 e. The van der Waals surface area contributed by atoms with E-state index < -0.39 is 0 Å². The molecule has 124 valence electrons. The van der Waals surface area contributed by atoms with E-state index >= 15 is 0 Å². The highest BCUT2D eigenvalue weighted by Gasteiger charge is 2.08. The Kier molecular flexibility index (Phi) is 5.28. The minimum absolute atomic E-state index is 0.0577. The molecule has 0 bridgehead atoms. The lowest BCUT2D eigenvalue weighted by Crippen LogP contribution is -2.12. The van der Waals surface area contributed by atoms with Crippen molar-refractivity contribution in [1.82, 2.24) is 4.98 Å². The van der Waals surface area contributed by atoms with Crippen LogP contribution in [0.1, 0.15) is 12.8 Å². The van der Waals surface area contributed by atoms with Gasteiger partial charge < -0.3 is 14.8 Å². The summed E-state index contributed by atoms with van der Waals surface area (Å²) in [4.78, 5) is 16.4. The Bertz CT molecular complexity index is 818. The van der Waals surface area contributed by atoms with E-state index in [9.17, 15) is 4.79 Å². The van der Waals surface area contributed by atoms with Crippen molar-refractivity contribution in [2.24, 2.45) is 0 Å². The number of hydrogen-bond acceptors (Lipinski definition) is 5. The van der Waals surface area contributed by atoms with Gasteiger partial charge in [0.25, 0.3) is 0 Å². The number of amides is 1. The number of anilines is 1. The first-order valence-electron chi connectivity index (χ1n) is 7.67. The van der Waals surface area contributed by atoms with Crippen LogP contribution in [-0.2, 0) is 4.79 Å². The fraction of sp³-hybridized carbons (Fsp3) is 0.222. The second-order valence-corrected chi connectivity index (χ2v) is 6.20. The molecule has 0 atom stereocenters. The summed E-state index contributed by atoms with van der Waals surface area (Å²) >= 11 is 1.44. The molecule has 2 aromatic carbocycles. The predicted molar refractivity (Wildman–Crippen MR) is 96.0 cm³/mol. The number of para-hydroxylation sites is 1. The van der Waals surface area contributed by atoms with Crippen molar-refractivity contribution < 1.29 is 14.3 Å². The molecule has 24 heavy (non-hydrogen) atoms. The van der Waals surface area contributed by atoms with E-state index in [1.807, 2.05) is 48.5 Å². The Labute approximate surface area is 144 Å². The zero-order valence-electron chi connectivity index (χ0n) is 13.3. The van der Waals surface area contributed by atoms with E-state index in [-0.39, 0.29) is 5.91 Å². The van der Waals surface area contributed by atoms with Gasteiger partial charge in [-0.2, -0.15) is 0 Å². The molecule has 0 saturated heterocycles. The Hall–Kier alpha value is -2.60. The summed E-state index contributed by atoms with van der Waals surface area (Å²) in [5.74, 6) is 1.54. The largest absolute Gasteiger partial charge is 0.497 e. The third-order valence-electron chi connectivity index (χ3n) is 3.40. The van der Waals surface area contributed by atoms with Gasteiger partial charge in [0.2, 0.25) is 5.91 Å². The number of benzene rings is 2. The highest BCUT2D eigenvalue weighted by Crippen LogP contribution is 2.29. The van der Waals surface area contributed by atoms with Crippen LogP contribution in [0.3, 0.4) is 0 Å². The smallest absolute Gasteiger partial charge is 0.226 e. The summed E-state index contributed by atoms with van der Waals surface area (Å²) in [6, 6.07) is 15.2. The Morgan fingerprint density at radius 1 is 1.17 bits per heavy atom. The van der Waals surface area contributed by atoms with Crippen LogP contribution in [0.15, 0.2) is 48.5 Å². The van der Waals surface area contributed by atoms with Gasteiger partial charge >= 0.3 is 0 Å². The van der Waals surface area contributed by atoms with Crippen LogP contribution in [-0.4, -0.2) is 24.6 Å². The lowest BCUT2D eigenvalue weighted by atomic mass is 10.3. The van der Waals surface area contributed by atoms with E-state index in [0.29, 0.717) is 24.6 Å². The number of thiazole rings is 1. The van der Waals surface area contributed by atoms with E-state index in [1.165, 1.54) is 11.3 Å². The molecule has 1 aromatic heterocycles. The van der Waals surface area contributed by atoms with Gasteiger partial charge in [-0.15, -0.1) is 0 Å². The maximum atomic E-state index is 12.0. The molecule has 0 fully saturated rings. The van der Waals surface area contributed by atoms with E-state index in [2.05, 4.69) is 10.3 Å². The van der Waals surface area contributed by atoms with Crippen LogP contribution in [0.4, 0.5) is 5.13 Å². The van der Waals surface area contributed by atoms with Gasteiger partial charge in [-0.1, -0.05) is 29.5 Å². The monoisotopic (exact) mass is 342 g/mol. The standard InChI is InChI=1S/C18H18N2O3S/c1-22-14-9-10-15-16(12-14)24-18(19-15)20-17(21)8-5-11-23-13-6-3-2-4-7-13/h2-4,6-7,9-10,12H,5,8,11H2,1H3,(H,19,20,21). The van der Waals surface area contributed by atoms with E-state index in [0.717, 1.165) is 21.7 Å². The molecular weight excluding hydrogens is 324 g/mol. The fourth-order valence-electron chi connectivity index (χ4n) is 2.21. The molecule has 3 aromatic rings. The SMILES string of the molecule is COc1ccc2nc(NC(=O)CCCOc3ccccc3)sc2c1. The van der Waals surface area contributed by atoms with Gasteiger partial charge in [0, 0.05) is 6.42 Å². The van der Waals surface area contributed by atoms with Crippen molar-refractivity contribution in [3.63, 3.8) is 0 Å². The number of carbonyl (C=O) groups is 1. The van der Waals surface area contributed by atoms with Gasteiger partial charge in [0.05, 0.1) is 23.9 Å². The third kappa shape index (κ3) is 4.23. The summed E-state index contributed by atoms with van der Waals surface area (Å²) in [5, 5.41) is 3.44. The Balaban J connectivity index is 1.48. The normalized spacial score (nSPS) is 10.5. The number of carbonyl (C=O) groups excluding carboxylic acids is 1. The number of hydrogen-bond donors (Lipinski definition) is 1. The summed E-state index contributed by atoms with van der Waals surface area (Å²) in [7, 11) is 1.63. The number of nitrogens with one attached hydrogen (secondary N) is 1. The molecule has 0 saturated carbocycles. The van der Waals surface area contributed by atoms with Crippen LogP contribution in [0.25, 0.3) is 10.2 Å². The second kappa shape index (κ2) is 7.79. The van der Waals surface area contributed by atoms with Gasteiger partial charge in [-0.05, 0) is 36.8 Å². The summed E-state index contributed by atoms with van der Waals surface area (Å²) in [6.45, 7) is 0.508. The van der Waals surface area contributed by atoms with Crippen LogP contribution in [0.5, 0.6) is 11.5 Å². The molecule has 0 aliphatic carbocycles. The first-order chi connectivity index (χ1) is 11.7. The minimum Gasteiger partial charge on any atom is -0.497 e. The molecule has 3 rings (SSSR count). The average Bonchev–Trinajstić information content (AvgIpc) is 3.00. The number of fused-ring (bicyclic) bond motifs is 1. The Morgan fingerprint density at radius 3 is 2.79 bits per heavy atom. The van der Waals surface area contributed by atoms with Crippen LogP contribution in [0.2, 0.25) is 0 Å². The first kappa shape index (κ1) is 16.3. The summed E-state index contributed by atoms with van der Waals surface area (Å²) in [6.07, 6.45) is 1.05. The number of rotatable bonds is 7. The van der Waals surface area contributed by atoms with Crippen molar-refractivity contribution in [3.05, 3.63) is 48.5 Å². The molecule has 0 aliphatic heterocycles. The van der Waals surface area contributed by atoms with Crippen molar-refractivity contribution in [1.29, 1.82) is 0 Å². The molecule has 1 amide bonds. The number of methoxy groups -OCH3 is 1. The molecule has 5 nitrogen and oxygen atoms in total. The van der Waals surface area contributed by atoms with Gasteiger partial charge in [0.15, 0.2) is 5.13 Å². The molecule has 0 unspecified atom stereocenters. The van der Waals surface area contributed by atoms with Crippen molar-refractivity contribution >= 4 is 32.6 Å². The summed E-state index contributed by atoms with van der Waals surface area (Å²) in [5.41, 5.74) is 0.850. The average molecular weight is 342 g/mol. The van der Waals surface area contributed by atoms with Gasteiger partial charge in [0.1, 0.15) is 11.5 Å². The van der Waals surface area contributed by atoms with Crippen LogP contribution in [0, 0.1) is 0 Å². The lowest BCUT2D eigenvalue weighted by molar-refractivity contribution is -0.116. The molecule has 0 radical (unpaired) electrons. The molecule has 0 aliphatic rings. The number of aromatic nitrogens is 1. The van der Waals surface area contributed by atoms with E-state index in [1.54, 1.807) is 7.11 Å². The molecule has 0 spiro atoms. The third-order valence-corrected chi connectivity index (χ3v) is 4.34. The van der Waals surface area contributed by atoms with E-state index in [4.69, 9.17) is 9.47 Å². The predicted octanol–water partition coefficient (Wildman–Crippen LogP) is 4.10. The molecule has 1 heterocycles. The fourth-order valence-corrected chi connectivity index (χ4v) is 3.12. The molecule has 6 heteroatoms. The first-order valence-corrected chi connectivity index (χ1v) is 8.48. The minimum atomic E-state index is -0.0577. The number of ether oxygens (including phenoxy) is 2. The maximum absolute atomic E-state index is 12.0. The van der Waals surface area contributed by atoms with Crippen LogP contribution < -0.4 is 14.8 Å². The highest BCUT2D eigenvalue weighted by atomic mass is 32.1. The van der Waals surface area contributed by atoms with Crippen LogP contribution >= 0.6 is 11.3 Å². The zero-order chi connectivity index (χ0) is 16.8. The summed E-state index contributed by atoms with van der Waals surface area (Å²) < 4.78 is 11.7. The van der Waals surface area contributed by atoms with Crippen molar-refractivity contribution in [2.45, 2.75) is 12.8 Å². The van der Waals surface area contributed by atoms with Gasteiger partial charge in [-0.25, -0.2) is 4.98 Å². The molecule has 1 N–H and O–H groups in total. The highest BCUT2D eigenvalue weighted by molar-refractivity contribution is 7.22. The zero-order valence-corrected chi connectivity index (χ0v) is 14.1. The molecular formula is C18H18N2O3S. The quantitative estimate of drug-likeness (QED) is 0.657. The Morgan fingerprint density at radius 2 is 2.00 bits per heavy atom. The lowest BCUT2D eigenvalue weighted by Gasteiger charge is -2.05. The van der Waals surface area contributed by atoms with Crippen molar-refractivity contribution in [3.8, 4) is 11.5 Å². The van der Waals surface area contributed by atoms with Gasteiger partial charge in [-0.3, -0.25) is 4.79 Å². The number of nitrogens with zero attached hydrogens (tertiary/aromatic N) is 1. The van der Waals surface area contributed by atoms with Crippen molar-refractivity contribution in [2.75, 3.05) is 19.0 Å². The second-order valence-electron chi connectivity index (χ2n) is 5.17. The topological polar surface area (TPSA) is 60.5 Å².